The summed E-state index contributed by atoms with van der Waals surface area (Å²) < 4.78 is 9.86. The van der Waals surface area contributed by atoms with E-state index in [4.69, 9.17) is 24.1 Å². The average Bonchev–Trinajstić information content (AvgIpc) is 2.52. The maximum atomic E-state index is 11.4. The molecular formula is C17H34O7. The maximum absolute atomic E-state index is 11.4. The third kappa shape index (κ3) is 13.5. The van der Waals surface area contributed by atoms with Gasteiger partial charge in [0.2, 0.25) is 0 Å². The first-order chi connectivity index (χ1) is 11.2. The van der Waals surface area contributed by atoms with E-state index < -0.39 is 17.4 Å². The normalized spacial score (nSPS) is 12.2. The number of carbonyl (C=O) groups excluding carboxylic acids is 1. The highest BCUT2D eigenvalue weighted by molar-refractivity contribution is 5.58. The Morgan fingerprint density at radius 1 is 0.875 bits per heavy atom. The van der Waals surface area contributed by atoms with Crippen LogP contribution in [-0.2, 0) is 29.0 Å². The predicted octanol–water partition coefficient (Wildman–Crippen LogP) is 4.19. The van der Waals surface area contributed by atoms with Crippen molar-refractivity contribution in [2.24, 2.45) is 0 Å². The van der Waals surface area contributed by atoms with E-state index in [1.165, 1.54) is 0 Å². The molecule has 0 saturated carbocycles. The zero-order valence-electron chi connectivity index (χ0n) is 16.0. The fourth-order valence-electron chi connectivity index (χ4n) is 1.59. The quantitative estimate of drug-likeness (QED) is 0.201. The lowest BCUT2D eigenvalue weighted by molar-refractivity contribution is -0.360. The lowest BCUT2D eigenvalue weighted by atomic mass is 9.94. The molecule has 0 rings (SSSR count). The summed E-state index contributed by atoms with van der Waals surface area (Å²) in [5.74, 6) is 0. The van der Waals surface area contributed by atoms with Gasteiger partial charge in [0.1, 0.15) is 12.2 Å². The van der Waals surface area contributed by atoms with E-state index in [1.807, 2.05) is 34.6 Å². The zero-order chi connectivity index (χ0) is 18.5. The van der Waals surface area contributed by atoms with Gasteiger partial charge in [-0.15, -0.1) is 0 Å². The molecule has 0 spiro atoms. The minimum Gasteiger partial charge on any atom is -0.430 e. The second-order valence-corrected chi connectivity index (χ2v) is 6.74. The van der Waals surface area contributed by atoms with Crippen molar-refractivity contribution >= 4 is 6.16 Å². The van der Waals surface area contributed by atoms with Crippen molar-refractivity contribution in [3.63, 3.8) is 0 Å². The highest BCUT2D eigenvalue weighted by atomic mass is 17.2. The van der Waals surface area contributed by atoms with Crippen molar-refractivity contribution in [1.82, 2.24) is 0 Å². The largest absolute Gasteiger partial charge is 0.540 e. The molecule has 0 aromatic carbocycles. The van der Waals surface area contributed by atoms with Crippen LogP contribution < -0.4 is 0 Å². The Hall–Kier alpha value is -0.890. The molecule has 0 bridgehead atoms. The third-order valence-corrected chi connectivity index (χ3v) is 3.18. The first-order valence-corrected chi connectivity index (χ1v) is 8.63. The summed E-state index contributed by atoms with van der Waals surface area (Å²) >= 11 is 0. The van der Waals surface area contributed by atoms with Gasteiger partial charge in [0.25, 0.3) is 0 Å². The lowest BCUT2D eigenvalue weighted by Gasteiger charge is -2.28. The van der Waals surface area contributed by atoms with Gasteiger partial charge in [0.15, 0.2) is 0 Å². The average molecular weight is 350 g/mol. The SMILES string of the molecule is CCCCOOC(C)(C)CCC(C)(C)OOC(=O)OCCOCC. The summed E-state index contributed by atoms with van der Waals surface area (Å²) in [6.07, 6.45) is 2.44. The van der Waals surface area contributed by atoms with E-state index in [0.29, 0.717) is 32.7 Å². The van der Waals surface area contributed by atoms with Crippen LogP contribution in [0.1, 0.15) is 67.2 Å². The van der Waals surface area contributed by atoms with Gasteiger partial charge in [0.05, 0.1) is 18.8 Å². The van der Waals surface area contributed by atoms with Crippen LogP contribution >= 0.6 is 0 Å². The monoisotopic (exact) mass is 350 g/mol. The number of rotatable bonds is 14. The van der Waals surface area contributed by atoms with Gasteiger partial charge in [-0.25, -0.2) is 14.6 Å². The van der Waals surface area contributed by atoms with Crippen LogP contribution in [0.3, 0.4) is 0 Å². The van der Waals surface area contributed by atoms with E-state index in [2.05, 4.69) is 11.8 Å². The topological polar surface area (TPSA) is 72.5 Å². The first-order valence-electron chi connectivity index (χ1n) is 8.63. The Kier molecular flexibility index (Phi) is 12.0. The van der Waals surface area contributed by atoms with E-state index >= 15 is 0 Å². The fraction of sp³-hybridized carbons (Fsp3) is 0.941. The third-order valence-electron chi connectivity index (χ3n) is 3.18. The Morgan fingerprint density at radius 2 is 1.50 bits per heavy atom. The Balaban J connectivity index is 3.95. The molecule has 0 aromatic heterocycles. The molecule has 7 heteroatoms. The molecule has 0 saturated heterocycles. The molecule has 0 aliphatic heterocycles. The van der Waals surface area contributed by atoms with Crippen LogP contribution in [0.15, 0.2) is 0 Å². The summed E-state index contributed by atoms with van der Waals surface area (Å²) in [6, 6.07) is 0. The Labute approximate surface area is 145 Å². The van der Waals surface area contributed by atoms with Gasteiger partial charge in [-0.2, -0.15) is 4.89 Å². The summed E-state index contributed by atoms with van der Waals surface area (Å²) in [4.78, 5) is 31.9. The highest BCUT2D eigenvalue weighted by Gasteiger charge is 2.28. The zero-order valence-corrected chi connectivity index (χ0v) is 16.0. The van der Waals surface area contributed by atoms with Crippen molar-refractivity contribution in [3.05, 3.63) is 0 Å². The maximum Gasteiger partial charge on any atom is 0.540 e. The molecule has 0 heterocycles. The van der Waals surface area contributed by atoms with Crippen molar-refractivity contribution < 1.29 is 33.8 Å². The Morgan fingerprint density at radius 3 is 2.08 bits per heavy atom. The fourth-order valence-corrected chi connectivity index (χ4v) is 1.59. The molecule has 0 unspecified atom stereocenters. The van der Waals surface area contributed by atoms with Crippen molar-refractivity contribution in [1.29, 1.82) is 0 Å². The van der Waals surface area contributed by atoms with Crippen LogP contribution in [0.4, 0.5) is 4.79 Å². The van der Waals surface area contributed by atoms with E-state index in [1.54, 1.807) is 0 Å². The smallest absolute Gasteiger partial charge is 0.430 e. The van der Waals surface area contributed by atoms with Crippen LogP contribution in [-0.4, -0.2) is 43.8 Å². The molecule has 144 valence electrons. The second kappa shape index (κ2) is 12.5. The first kappa shape index (κ1) is 23.1. The van der Waals surface area contributed by atoms with Gasteiger partial charge < -0.3 is 9.47 Å². The minimum absolute atomic E-state index is 0.131. The number of ether oxygens (including phenoxy) is 2. The van der Waals surface area contributed by atoms with Crippen LogP contribution in [0.5, 0.6) is 0 Å². The minimum atomic E-state index is -0.874. The summed E-state index contributed by atoms with van der Waals surface area (Å²) in [6.45, 7) is 13.1. The highest BCUT2D eigenvalue weighted by Crippen LogP contribution is 2.25. The molecule has 24 heavy (non-hydrogen) atoms. The summed E-state index contributed by atoms with van der Waals surface area (Å²) in [5.41, 5.74) is -1.12. The predicted molar refractivity (Wildman–Crippen MR) is 89.3 cm³/mol. The van der Waals surface area contributed by atoms with Crippen LogP contribution in [0.2, 0.25) is 0 Å². The molecular weight excluding hydrogens is 316 g/mol. The molecule has 0 radical (unpaired) electrons. The lowest BCUT2D eigenvalue weighted by Crippen LogP contribution is -2.32. The number of hydrogen-bond acceptors (Lipinski definition) is 7. The molecule has 0 aromatic rings. The molecule has 0 N–H and O–H groups in total. The summed E-state index contributed by atoms with van der Waals surface area (Å²) in [7, 11) is 0. The van der Waals surface area contributed by atoms with Crippen molar-refractivity contribution in [2.45, 2.75) is 78.4 Å². The number of carbonyl (C=O) groups is 1. The van der Waals surface area contributed by atoms with Crippen LogP contribution in [0, 0.1) is 0 Å². The molecule has 0 aliphatic rings. The van der Waals surface area contributed by atoms with E-state index in [9.17, 15) is 4.79 Å². The molecule has 0 fully saturated rings. The Bertz CT molecular complexity index is 329. The summed E-state index contributed by atoms with van der Waals surface area (Å²) in [5, 5.41) is 0. The van der Waals surface area contributed by atoms with Gasteiger partial charge in [-0.1, -0.05) is 13.3 Å². The molecule has 0 atom stereocenters. The standard InChI is InChI=1S/C17H34O7/c1-7-9-12-21-23-16(3,4)10-11-17(5,6)24-22-15(18)20-14-13-19-8-2/h7-14H2,1-6H3. The van der Waals surface area contributed by atoms with Gasteiger partial charge in [-0.3, -0.25) is 4.89 Å². The van der Waals surface area contributed by atoms with E-state index in [0.717, 1.165) is 12.8 Å². The number of unbranched alkanes of at least 4 members (excludes halogenated alkanes) is 1. The van der Waals surface area contributed by atoms with Gasteiger partial charge in [0, 0.05) is 6.61 Å². The van der Waals surface area contributed by atoms with Gasteiger partial charge >= 0.3 is 6.16 Å². The van der Waals surface area contributed by atoms with Crippen molar-refractivity contribution in [3.8, 4) is 0 Å². The van der Waals surface area contributed by atoms with Crippen molar-refractivity contribution in [2.75, 3.05) is 26.4 Å². The molecule has 0 amide bonds. The second-order valence-electron chi connectivity index (χ2n) is 6.74. The van der Waals surface area contributed by atoms with Crippen LogP contribution in [0.25, 0.3) is 0 Å². The van der Waals surface area contributed by atoms with Gasteiger partial charge in [-0.05, 0) is 53.9 Å². The molecule has 7 nitrogen and oxygen atoms in total. The van der Waals surface area contributed by atoms with E-state index in [-0.39, 0.29) is 6.61 Å². The number of hydrogen-bond donors (Lipinski definition) is 0. The molecule has 0 aliphatic carbocycles.